The van der Waals surface area contributed by atoms with Crippen LogP contribution in [0.1, 0.15) is 24.6 Å². The molecule has 1 aromatic carbocycles. The van der Waals surface area contributed by atoms with E-state index in [1.54, 1.807) is 6.07 Å². The maximum atomic E-state index is 13.0. The lowest BCUT2D eigenvalue weighted by atomic mass is 10.2. The molecule has 0 saturated carbocycles. The quantitative estimate of drug-likeness (QED) is 0.872. The van der Waals surface area contributed by atoms with Gasteiger partial charge in [-0.05, 0) is 30.7 Å². The highest BCUT2D eigenvalue weighted by atomic mass is 19.4. The van der Waals surface area contributed by atoms with E-state index in [1.807, 2.05) is 13.0 Å². The minimum Gasteiger partial charge on any atom is -0.488 e. The molecule has 0 spiro atoms. The Bertz CT molecular complexity index is 710. The van der Waals surface area contributed by atoms with Crippen LogP contribution in [0.3, 0.4) is 0 Å². The Labute approximate surface area is 137 Å². The van der Waals surface area contributed by atoms with E-state index in [9.17, 15) is 13.2 Å². The molecule has 1 aromatic heterocycles. The lowest BCUT2D eigenvalue weighted by Crippen LogP contribution is -2.26. The van der Waals surface area contributed by atoms with E-state index >= 15 is 0 Å². The number of nitrogens with one attached hydrogen (secondary N) is 1. The summed E-state index contributed by atoms with van der Waals surface area (Å²) in [6.07, 6.45) is -4.45. The molecule has 126 valence electrons. The Morgan fingerprint density at radius 3 is 2.54 bits per heavy atom. The Balaban J connectivity index is 2.03. The van der Waals surface area contributed by atoms with Crippen molar-refractivity contribution in [3.63, 3.8) is 0 Å². The summed E-state index contributed by atoms with van der Waals surface area (Å²) in [6, 6.07) is 10.0. The molecule has 1 heterocycles. The molecule has 0 fully saturated rings. The molecule has 2 aromatic rings. The average molecular weight is 336 g/mol. The monoisotopic (exact) mass is 336 g/mol. The van der Waals surface area contributed by atoms with Crippen molar-refractivity contribution < 1.29 is 17.9 Å². The molecule has 0 amide bonds. The first-order chi connectivity index (χ1) is 11.4. The second-order valence-corrected chi connectivity index (χ2v) is 4.94. The Kier molecular flexibility index (Phi) is 5.58. The Morgan fingerprint density at radius 2 is 1.96 bits per heavy atom. The second kappa shape index (κ2) is 7.64. The van der Waals surface area contributed by atoms with Gasteiger partial charge < -0.3 is 10.1 Å². The molecule has 0 aliphatic carbocycles. The highest BCUT2D eigenvalue weighted by molar-refractivity contribution is 5.37. The van der Waals surface area contributed by atoms with Gasteiger partial charge in [-0.2, -0.15) is 18.4 Å². The maximum absolute atomic E-state index is 13.0. The van der Waals surface area contributed by atoms with Gasteiger partial charge in [-0.3, -0.25) is 0 Å². The third-order valence-corrected chi connectivity index (χ3v) is 3.23. The minimum atomic E-state index is -4.47. The van der Waals surface area contributed by atoms with Crippen molar-refractivity contribution in [2.75, 3.05) is 11.9 Å². The summed E-state index contributed by atoms with van der Waals surface area (Å²) in [6.45, 7) is 2.07. The van der Waals surface area contributed by atoms with Gasteiger partial charge in [-0.15, -0.1) is 10.2 Å². The van der Waals surface area contributed by atoms with Crippen LogP contribution < -0.4 is 10.1 Å². The summed E-state index contributed by atoms with van der Waals surface area (Å²) in [5.74, 6) is 0.213. The predicted octanol–water partition coefficient (Wildman–Crippen LogP) is 3.64. The summed E-state index contributed by atoms with van der Waals surface area (Å²) in [5, 5.41) is 19.1. The average Bonchev–Trinajstić information content (AvgIpc) is 2.58. The first-order valence-electron chi connectivity index (χ1n) is 7.24. The zero-order valence-electron chi connectivity index (χ0n) is 12.8. The first-order valence-corrected chi connectivity index (χ1v) is 7.24. The van der Waals surface area contributed by atoms with Crippen molar-refractivity contribution >= 4 is 5.82 Å². The maximum Gasteiger partial charge on any atom is 0.419 e. The number of para-hydroxylation sites is 1. The van der Waals surface area contributed by atoms with Crippen LogP contribution in [-0.2, 0) is 6.18 Å². The van der Waals surface area contributed by atoms with E-state index in [0.717, 1.165) is 6.07 Å². The zero-order valence-corrected chi connectivity index (χ0v) is 12.8. The number of rotatable bonds is 6. The van der Waals surface area contributed by atoms with E-state index in [0.29, 0.717) is 12.2 Å². The SMILES string of the molecule is CCC(CNc1ccc(C#N)nn1)Oc1ccccc1C(F)(F)F. The lowest BCUT2D eigenvalue weighted by Gasteiger charge is -2.21. The molecule has 0 radical (unpaired) electrons. The molecule has 0 aliphatic heterocycles. The van der Waals surface area contributed by atoms with Crippen LogP contribution in [0.4, 0.5) is 19.0 Å². The van der Waals surface area contributed by atoms with E-state index in [2.05, 4.69) is 15.5 Å². The van der Waals surface area contributed by atoms with Crippen LogP contribution in [0, 0.1) is 11.3 Å². The van der Waals surface area contributed by atoms with Crippen molar-refractivity contribution in [2.45, 2.75) is 25.6 Å². The fourth-order valence-electron chi connectivity index (χ4n) is 1.96. The van der Waals surface area contributed by atoms with Gasteiger partial charge in [-0.25, -0.2) is 0 Å². The summed E-state index contributed by atoms with van der Waals surface area (Å²) in [7, 11) is 0. The van der Waals surface area contributed by atoms with E-state index in [-0.39, 0.29) is 18.0 Å². The molecule has 24 heavy (non-hydrogen) atoms. The largest absolute Gasteiger partial charge is 0.488 e. The molecule has 0 saturated heterocycles. The van der Waals surface area contributed by atoms with Crippen molar-refractivity contribution in [2.24, 2.45) is 0 Å². The third-order valence-electron chi connectivity index (χ3n) is 3.23. The highest BCUT2D eigenvalue weighted by Crippen LogP contribution is 2.36. The number of benzene rings is 1. The molecular formula is C16H15F3N4O. The number of alkyl halides is 3. The summed E-state index contributed by atoms with van der Waals surface area (Å²) >= 11 is 0. The van der Waals surface area contributed by atoms with Crippen molar-refractivity contribution in [3.8, 4) is 11.8 Å². The van der Waals surface area contributed by atoms with Gasteiger partial charge in [0.25, 0.3) is 0 Å². The van der Waals surface area contributed by atoms with E-state index < -0.39 is 17.8 Å². The number of nitrogens with zero attached hydrogens (tertiary/aromatic N) is 3. The van der Waals surface area contributed by atoms with Crippen molar-refractivity contribution in [1.29, 1.82) is 5.26 Å². The fraction of sp³-hybridized carbons (Fsp3) is 0.312. The number of nitriles is 1. The molecule has 2 rings (SSSR count). The molecular weight excluding hydrogens is 321 g/mol. The van der Waals surface area contributed by atoms with Crippen LogP contribution in [0.15, 0.2) is 36.4 Å². The molecule has 1 unspecified atom stereocenters. The standard InChI is InChI=1S/C16H15F3N4O/c1-2-12(10-21-15-8-7-11(9-20)22-23-15)24-14-6-4-3-5-13(14)16(17,18)19/h3-8,12H,2,10H2,1H3,(H,21,23). The van der Waals surface area contributed by atoms with Crippen LogP contribution >= 0.6 is 0 Å². The van der Waals surface area contributed by atoms with Gasteiger partial charge in [0.2, 0.25) is 0 Å². The number of halogens is 3. The van der Waals surface area contributed by atoms with Gasteiger partial charge in [0.05, 0.1) is 12.1 Å². The molecule has 0 bridgehead atoms. The minimum absolute atomic E-state index is 0.183. The number of aromatic nitrogens is 2. The number of ether oxygens (including phenoxy) is 1. The van der Waals surface area contributed by atoms with E-state index in [1.165, 1.54) is 24.3 Å². The normalized spacial score (nSPS) is 12.3. The molecule has 0 aliphatic rings. The van der Waals surface area contributed by atoms with Crippen molar-refractivity contribution in [1.82, 2.24) is 10.2 Å². The van der Waals surface area contributed by atoms with Gasteiger partial charge in [-0.1, -0.05) is 19.1 Å². The van der Waals surface area contributed by atoms with E-state index in [4.69, 9.17) is 10.00 Å². The topological polar surface area (TPSA) is 70.8 Å². The third kappa shape index (κ3) is 4.59. The summed E-state index contributed by atoms with van der Waals surface area (Å²) in [5.41, 5.74) is -0.621. The molecule has 5 nitrogen and oxygen atoms in total. The first kappa shape index (κ1) is 17.5. The van der Waals surface area contributed by atoms with Crippen LogP contribution in [0.5, 0.6) is 5.75 Å². The summed E-state index contributed by atoms with van der Waals surface area (Å²) < 4.78 is 44.5. The van der Waals surface area contributed by atoms with Crippen LogP contribution in [-0.4, -0.2) is 22.8 Å². The van der Waals surface area contributed by atoms with Gasteiger partial charge in [0.1, 0.15) is 23.7 Å². The fourth-order valence-corrected chi connectivity index (χ4v) is 1.96. The second-order valence-electron chi connectivity index (χ2n) is 4.94. The molecule has 1 atom stereocenters. The number of hydrogen-bond acceptors (Lipinski definition) is 5. The van der Waals surface area contributed by atoms with Gasteiger partial charge in [0, 0.05) is 0 Å². The Hall–Kier alpha value is -2.82. The lowest BCUT2D eigenvalue weighted by molar-refractivity contribution is -0.139. The van der Waals surface area contributed by atoms with Gasteiger partial charge >= 0.3 is 6.18 Å². The molecule has 1 N–H and O–H groups in total. The Morgan fingerprint density at radius 1 is 1.21 bits per heavy atom. The highest BCUT2D eigenvalue weighted by Gasteiger charge is 2.34. The summed E-state index contributed by atoms with van der Waals surface area (Å²) in [4.78, 5) is 0. The molecule has 8 heteroatoms. The van der Waals surface area contributed by atoms with Crippen molar-refractivity contribution in [3.05, 3.63) is 47.7 Å². The number of hydrogen-bond donors (Lipinski definition) is 1. The van der Waals surface area contributed by atoms with Gasteiger partial charge in [0.15, 0.2) is 5.69 Å². The van der Waals surface area contributed by atoms with Crippen LogP contribution in [0.25, 0.3) is 0 Å². The smallest absolute Gasteiger partial charge is 0.419 e. The predicted molar refractivity (Wildman–Crippen MR) is 81.4 cm³/mol. The number of anilines is 1. The van der Waals surface area contributed by atoms with Crippen LogP contribution in [0.2, 0.25) is 0 Å². The zero-order chi connectivity index (χ0) is 17.6.